The van der Waals surface area contributed by atoms with Crippen molar-refractivity contribution < 1.29 is 9.90 Å². The highest BCUT2D eigenvalue weighted by molar-refractivity contribution is 7.17. The van der Waals surface area contributed by atoms with E-state index in [4.69, 9.17) is 5.11 Å². The summed E-state index contributed by atoms with van der Waals surface area (Å²) in [4.78, 5) is 15.7. The highest BCUT2D eigenvalue weighted by Crippen LogP contribution is 2.29. The molecule has 5 heteroatoms. The fourth-order valence-corrected chi connectivity index (χ4v) is 2.86. The minimum Gasteiger partial charge on any atom is -0.477 e. The molecule has 0 aromatic carbocycles. The van der Waals surface area contributed by atoms with E-state index in [1.807, 2.05) is 6.07 Å². The third-order valence-corrected chi connectivity index (χ3v) is 4.14. The molecule has 4 nitrogen and oxygen atoms in total. The molecule has 1 N–H and O–H groups in total. The van der Waals surface area contributed by atoms with Gasteiger partial charge in [0, 0.05) is 19.1 Å². The Hall–Kier alpha value is -1.07. The van der Waals surface area contributed by atoms with Gasteiger partial charge in [0.05, 0.1) is 5.00 Å². The number of anilines is 1. The van der Waals surface area contributed by atoms with Crippen LogP contribution in [-0.4, -0.2) is 49.2 Å². The Morgan fingerprint density at radius 3 is 2.81 bits per heavy atom. The number of rotatable bonds is 3. The molecule has 1 aromatic rings. The second-order valence-corrected chi connectivity index (χ2v) is 5.36. The van der Waals surface area contributed by atoms with Gasteiger partial charge in [-0.25, -0.2) is 4.79 Å². The third-order valence-electron chi connectivity index (χ3n) is 3.01. The van der Waals surface area contributed by atoms with Crippen molar-refractivity contribution >= 4 is 22.3 Å². The lowest BCUT2D eigenvalue weighted by atomic mass is 10.2. The van der Waals surface area contributed by atoms with Crippen LogP contribution in [0.5, 0.6) is 0 Å². The number of thiophene rings is 1. The normalized spacial score (nSPS) is 20.7. The Morgan fingerprint density at radius 1 is 1.56 bits per heavy atom. The van der Waals surface area contributed by atoms with Crippen molar-refractivity contribution in [3.8, 4) is 0 Å². The molecule has 2 heterocycles. The predicted octanol–water partition coefficient (Wildman–Crippen LogP) is 1.59. The number of hydrogen-bond acceptors (Lipinski definition) is 4. The standard InChI is InChI=1S/C11H16N2O2S/c1-12(2)8-5-6-13(7-8)10-4-3-9(16-10)11(14)15/h3-4,8H,5-7H2,1-2H3,(H,14,15). The Balaban J connectivity index is 2.06. The highest BCUT2D eigenvalue weighted by Gasteiger charge is 2.25. The quantitative estimate of drug-likeness (QED) is 0.871. The number of nitrogens with zero attached hydrogens (tertiary/aromatic N) is 2. The van der Waals surface area contributed by atoms with Crippen molar-refractivity contribution in [1.82, 2.24) is 4.90 Å². The summed E-state index contributed by atoms with van der Waals surface area (Å²) in [6.45, 7) is 2.01. The van der Waals surface area contributed by atoms with Crippen LogP contribution in [0.2, 0.25) is 0 Å². The number of carboxylic acid groups (broad SMARTS) is 1. The SMILES string of the molecule is CN(C)C1CCN(c2ccc(C(=O)O)s2)C1. The first-order valence-electron chi connectivity index (χ1n) is 5.32. The van der Waals surface area contributed by atoms with Crippen LogP contribution in [0.3, 0.4) is 0 Å². The third kappa shape index (κ3) is 2.20. The molecule has 0 amide bonds. The summed E-state index contributed by atoms with van der Waals surface area (Å²) < 4.78 is 0. The molecule has 2 rings (SSSR count). The van der Waals surface area contributed by atoms with Crippen molar-refractivity contribution in [2.75, 3.05) is 32.1 Å². The molecule has 1 atom stereocenters. The van der Waals surface area contributed by atoms with E-state index in [2.05, 4.69) is 23.9 Å². The van der Waals surface area contributed by atoms with Gasteiger partial charge in [0.2, 0.25) is 0 Å². The van der Waals surface area contributed by atoms with Crippen molar-refractivity contribution in [2.24, 2.45) is 0 Å². The Kier molecular flexibility index (Phi) is 3.16. The zero-order chi connectivity index (χ0) is 11.7. The van der Waals surface area contributed by atoms with Crippen molar-refractivity contribution in [3.63, 3.8) is 0 Å². The summed E-state index contributed by atoms with van der Waals surface area (Å²) >= 11 is 1.36. The molecule has 1 unspecified atom stereocenters. The molecular weight excluding hydrogens is 224 g/mol. The average molecular weight is 240 g/mol. The number of likely N-dealkylation sites (N-methyl/N-ethyl adjacent to an activating group) is 1. The molecule has 1 saturated heterocycles. The van der Waals surface area contributed by atoms with E-state index in [0.717, 1.165) is 24.5 Å². The molecule has 1 fully saturated rings. The molecule has 0 aliphatic carbocycles. The van der Waals surface area contributed by atoms with E-state index in [-0.39, 0.29) is 0 Å². The van der Waals surface area contributed by atoms with E-state index in [1.165, 1.54) is 11.3 Å². The Bertz CT molecular complexity index is 389. The van der Waals surface area contributed by atoms with Crippen LogP contribution >= 0.6 is 11.3 Å². The zero-order valence-electron chi connectivity index (χ0n) is 9.51. The molecule has 16 heavy (non-hydrogen) atoms. The van der Waals surface area contributed by atoms with E-state index in [9.17, 15) is 4.79 Å². The lowest BCUT2D eigenvalue weighted by molar-refractivity contribution is 0.0702. The molecule has 0 spiro atoms. The second-order valence-electron chi connectivity index (χ2n) is 4.30. The summed E-state index contributed by atoms with van der Waals surface area (Å²) in [6.07, 6.45) is 1.15. The smallest absolute Gasteiger partial charge is 0.345 e. The van der Waals surface area contributed by atoms with Gasteiger partial charge in [-0.3, -0.25) is 0 Å². The maximum Gasteiger partial charge on any atom is 0.345 e. The maximum absolute atomic E-state index is 10.8. The van der Waals surface area contributed by atoms with Gasteiger partial charge in [-0.1, -0.05) is 0 Å². The molecule has 1 aliphatic heterocycles. The monoisotopic (exact) mass is 240 g/mol. The van der Waals surface area contributed by atoms with Crippen LogP contribution in [-0.2, 0) is 0 Å². The van der Waals surface area contributed by atoms with Gasteiger partial charge in [0.25, 0.3) is 0 Å². The van der Waals surface area contributed by atoms with Crippen LogP contribution in [0.25, 0.3) is 0 Å². The first kappa shape index (κ1) is 11.4. The predicted molar refractivity (Wildman–Crippen MR) is 65.6 cm³/mol. The van der Waals surface area contributed by atoms with E-state index in [0.29, 0.717) is 10.9 Å². The largest absolute Gasteiger partial charge is 0.477 e. The van der Waals surface area contributed by atoms with Gasteiger partial charge in [0.15, 0.2) is 0 Å². The minimum atomic E-state index is -0.834. The molecule has 0 radical (unpaired) electrons. The molecule has 1 aliphatic rings. The lowest BCUT2D eigenvalue weighted by Gasteiger charge is -2.20. The van der Waals surface area contributed by atoms with Gasteiger partial charge < -0.3 is 14.9 Å². The zero-order valence-corrected chi connectivity index (χ0v) is 10.3. The van der Waals surface area contributed by atoms with Gasteiger partial charge in [-0.05, 0) is 32.6 Å². The number of hydrogen-bond donors (Lipinski definition) is 1. The van der Waals surface area contributed by atoms with Crippen LogP contribution < -0.4 is 4.90 Å². The average Bonchev–Trinajstić information content (AvgIpc) is 2.86. The molecule has 0 saturated carbocycles. The van der Waals surface area contributed by atoms with E-state index >= 15 is 0 Å². The molecular formula is C11H16N2O2S. The summed E-state index contributed by atoms with van der Waals surface area (Å²) in [5.74, 6) is -0.834. The van der Waals surface area contributed by atoms with Crippen LogP contribution in [0.1, 0.15) is 16.1 Å². The summed E-state index contributed by atoms with van der Waals surface area (Å²) in [5.41, 5.74) is 0. The van der Waals surface area contributed by atoms with E-state index < -0.39 is 5.97 Å². The molecule has 88 valence electrons. The van der Waals surface area contributed by atoms with Gasteiger partial charge in [-0.2, -0.15) is 0 Å². The molecule has 1 aromatic heterocycles. The minimum absolute atomic E-state index is 0.420. The number of carboxylic acids is 1. The second kappa shape index (κ2) is 4.43. The van der Waals surface area contributed by atoms with Crippen LogP contribution in [0.4, 0.5) is 5.00 Å². The Morgan fingerprint density at radius 2 is 2.31 bits per heavy atom. The van der Waals surface area contributed by atoms with Crippen molar-refractivity contribution in [1.29, 1.82) is 0 Å². The number of aromatic carboxylic acids is 1. The maximum atomic E-state index is 10.8. The topological polar surface area (TPSA) is 43.8 Å². The highest BCUT2D eigenvalue weighted by atomic mass is 32.1. The fourth-order valence-electron chi connectivity index (χ4n) is 1.98. The summed E-state index contributed by atoms with van der Waals surface area (Å²) in [6, 6.07) is 4.17. The molecule has 0 bridgehead atoms. The summed E-state index contributed by atoms with van der Waals surface area (Å²) in [5, 5.41) is 9.94. The van der Waals surface area contributed by atoms with Gasteiger partial charge in [0.1, 0.15) is 4.88 Å². The first-order chi connectivity index (χ1) is 7.58. The van der Waals surface area contributed by atoms with E-state index in [1.54, 1.807) is 6.07 Å². The van der Waals surface area contributed by atoms with Gasteiger partial charge in [-0.15, -0.1) is 11.3 Å². The van der Waals surface area contributed by atoms with Crippen LogP contribution in [0, 0.1) is 0 Å². The lowest BCUT2D eigenvalue weighted by Crippen LogP contribution is -2.31. The van der Waals surface area contributed by atoms with Crippen LogP contribution in [0.15, 0.2) is 12.1 Å². The first-order valence-corrected chi connectivity index (χ1v) is 6.14. The summed E-state index contributed by atoms with van der Waals surface area (Å²) in [7, 11) is 4.18. The van der Waals surface area contributed by atoms with Gasteiger partial charge >= 0.3 is 5.97 Å². The van der Waals surface area contributed by atoms with Crippen molar-refractivity contribution in [2.45, 2.75) is 12.5 Å². The Labute approximate surface area is 99.1 Å². The van der Waals surface area contributed by atoms with Crippen molar-refractivity contribution in [3.05, 3.63) is 17.0 Å². The fraction of sp³-hybridized carbons (Fsp3) is 0.545. The number of carbonyl (C=O) groups is 1.